The van der Waals surface area contributed by atoms with E-state index < -0.39 is 6.17 Å². The maximum absolute atomic E-state index is 11.2. The molecule has 0 bridgehead atoms. The number of hydroxylamine groups is 2. The van der Waals surface area contributed by atoms with Gasteiger partial charge in [0.25, 0.3) is 0 Å². The van der Waals surface area contributed by atoms with E-state index in [2.05, 4.69) is 20.2 Å². The van der Waals surface area contributed by atoms with Crippen LogP contribution in [-0.2, 0) is 9.68 Å². The summed E-state index contributed by atoms with van der Waals surface area (Å²) in [5.74, 6) is 0. The molecular formula is C6H15N5O4. The highest BCUT2D eigenvalue weighted by Gasteiger charge is 2.30. The monoisotopic (exact) mass is 221 g/mol. The summed E-state index contributed by atoms with van der Waals surface area (Å²) in [6.45, 7) is 0.132. The van der Waals surface area contributed by atoms with Crippen molar-refractivity contribution in [1.82, 2.24) is 4.90 Å². The van der Waals surface area contributed by atoms with E-state index in [1.807, 2.05) is 0 Å². The third kappa shape index (κ3) is 4.96. The Bertz CT molecular complexity index is 222. The van der Waals surface area contributed by atoms with Gasteiger partial charge >= 0.3 is 6.17 Å². The molecule has 0 amide bonds. The topological polar surface area (TPSA) is 98.6 Å². The largest absolute Gasteiger partial charge is 0.592 e. The second-order valence-corrected chi connectivity index (χ2v) is 2.88. The molecule has 0 aliphatic rings. The van der Waals surface area contributed by atoms with Gasteiger partial charge in [-0.05, 0) is 14.1 Å². The fraction of sp³-hybridized carbons (Fsp3) is 1.00. The van der Waals surface area contributed by atoms with Gasteiger partial charge in [0.1, 0.15) is 20.8 Å². The van der Waals surface area contributed by atoms with Gasteiger partial charge in [-0.25, -0.2) is 0 Å². The van der Waals surface area contributed by atoms with Crippen LogP contribution in [0, 0.1) is 10.4 Å². The Hall–Kier alpha value is -1.64. The maximum atomic E-state index is 11.2. The molecular weight excluding hydrogens is 206 g/mol. The Morgan fingerprint density at radius 3 is 1.80 bits per heavy atom. The summed E-state index contributed by atoms with van der Waals surface area (Å²) in [6.07, 6.45) is -1.15. The van der Waals surface area contributed by atoms with E-state index in [1.54, 1.807) is 19.0 Å². The Morgan fingerprint density at radius 2 is 1.53 bits per heavy atom. The summed E-state index contributed by atoms with van der Waals surface area (Å²) < 4.78 is 0. The molecule has 0 saturated carbocycles. The lowest BCUT2D eigenvalue weighted by Gasteiger charge is -2.13. The Kier molecular flexibility index (Phi) is 6.02. The minimum atomic E-state index is -1.15. The minimum Gasteiger partial charge on any atom is -0.592 e. The Morgan fingerprint density at radius 1 is 1.13 bits per heavy atom. The summed E-state index contributed by atoms with van der Waals surface area (Å²) in [4.78, 5) is 10.4. The maximum Gasteiger partial charge on any atom is 0.428 e. The number of hydrogen-bond donors (Lipinski definition) is 0. The van der Waals surface area contributed by atoms with Gasteiger partial charge in [-0.3, -0.25) is 4.90 Å². The molecule has 0 aromatic carbocycles. The summed E-state index contributed by atoms with van der Waals surface area (Å²) in [7, 11) is 5.82. The van der Waals surface area contributed by atoms with Crippen LogP contribution in [0.15, 0.2) is 10.6 Å². The lowest BCUT2D eigenvalue weighted by molar-refractivity contribution is -0.796. The molecule has 9 heteroatoms. The van der Waals surface area contributed by atoms with Crippen molar-refractivity contribution in [3.63, 3.8) is 0 Å². The summed E-state index contributed by atoms with van der Waals surface area (Å²) >= 11 is 0. The third-order valence-electron chi connectivity index (χ3n) is 1.36. The average molecular weight is 221 g/mol. The number of rotatable bonds is 6. The third-order valence-corrected chi connectivity index (χ3v) is 1.36. The second kappa shape index (κ2) is 6.76. The van der Waals surface area contributed by atoms with Gasteiger partial charge in [-0.1, -0.05) is 0 Å². The zero-order valence-corrected chi connectivity index (χ0v) is 9.15. The molecule has 9 nitrogen and oxygen atoms in total. The van der Waals surface area contributed by atoms with Gasteiger partial charge in [0.05, 0.1) is 0 Å². The van der Waals surface area contributed by atoms with Crippen molar-refractivity contribution in [3.05, 3.63) is 10.4 Å². The smallest absolute Gasteiger partial charge is 0.428 e. The van der Waals surface area contributed by atoms with Crippen molar-refractivity contribution in [2.45, 2.75) is 6.17 Å². The van der Waals surface area contributed by atoms with E-state index in [9.17, 15) is 10.4 Å². The molecule has 0 aliphatic carbocycles. The standard InChI is InChI=1S/C6H15N5O4/c1-9(2)5-6(10(12)7-14-3)11(13)8-15-4/h6H,5H2,1-4H3. The normalized spacial score (nSPS) is 15.3. The van der Waals surface area contributed by atoms with Crippen molar-refractivity contribution >= 4 is 0 Å². The predicted molar refractivity (Wildman–Crippen MR) is 48.5 cm³/mol. The van der Waals surface area contributed by atoms with Crippen molar-refractivity contribution in [3.8, 4) is 0 Å². The molecule has 0 aliphatic heterocycles. The molecule has 0 unspecified atom stereocenters. The van der Waals surface area contributed by atoms with E-state index in [0.717, 1.165) is 0 Å². The lowest BCUT2D eigenvalue weighted by Crippen LogP contribution is -2.39. The Balaban J connectivity index is 4.72. The van der Waals surface area contributed by atoms with E-state index >= 15 is 0 Å². The van der Waals surface area contributed by atoms with E-state index in [0.29, 0.717) is 0 Å². The molecule has 0 heterocycles. The average Bonchev–Trinajstić information content (AvgIpc) is 2.14. The van der Waals surface area contributed by atoms with Crippen molar-refractivity contribution in [1.29, 1.82) is 0 Å². The van der Waals surface area contributed by atoms with Crippen LogP contribution in [0.3, 0.4) is 0 Å². The summed E-state index contributed by atoms with van der Waals surface area (Å²) in [5.41, 5.74) is 0. The van der Waals surface area contributed by atoms with E-state index in [1.165, 1.54) is 14.2 Å². The summed E-state index contributed by atoms with van der Waals surface area (Å²) in [5, 5.41) is 28.6. The van der Waals surface area contributed by atoms with Crippen LogP contribution in [0.5, 0.6) is 0 Å². The number of hydrogen-bond acceptors (Lipinski definition) is 7. The highest BCUT2D eigenvalue weighted by molar-refractivity contribution is 4.44. The lowest BCUT2D eigenvalue weighted by atomic mass is 10.5. The molecule has 0 spiro atoms. The molecule has 0 saturated heterocycles. The van der Waals surface area contributed by atoms with Crippen molar-refractivity contribution in [2.75, 3.05) is 34.9 Å². The second-order valence-electron chi connectivity index (χ2n) is 2.88. The van der Waals surface area contributed by atoms with Gasteiger partial charge in [0, 0.05) is 9.72 Å². The first kappa shape index (κ1) is 13.4. The van der Waals surface area contributed by atoms with E-state index in [4.69, 9.17) is 0 Å². The van der Waals surface area contributed by atoms with Crippen molar-refractivity contribution < 1.29 is 19.4 Å². The molecule has 0 atom stereocenters. The molecule has 0 N–H and O–H groups in total. The van der Waals surface area contributed by atoms with Gasteiger partial charge in [-0.2, -0.15) is 0 Å². The molecule has 88 valence electrons. The van der Waals surface area contributed by atoms with Crippen LogP contribution in [-0.4, -0.2) is 55.6 Å². The summed E-state index contributed by atoms with van der Waals surface area (Å²) in [6, 6.07) is 0. The fourth-order valence-electron chi connectivity index (χ4n) is 0.821. The van der Waals surface area contributed by atoms with Crippen LogP contribution in [0.25, 0.3) is 0 Å². The van der Waals surface area contributed by atoms with Crippen LogP contribution < -0.4 is 0 Å². The zero-order valence-electron chi connectivity index (χ0n) is 9.15. The van der Waals surface area contributed by atoms with E-state index in [-0.39, 0.29) is 16.3 Å². The first-order chi connectivity index (χ1) is 7.02. The van der Waals surface area contributed by atoms with Gasteiger partial charge in [-0.15, -0.1) is 0 Å². The first-order valence-electron chi connectivity index (χ1n) is 4.08. The SMILES string of the molecule is CON=[N+]([O-])C(CN(C)C)[N+]([O-])=NOC. The fourth-order valence-corrected chi connectivity index (χ4v) is 0.821. The number of nitrogens with zero attached hydrogens (tertiary/aromatic N) is 5. The van der Waals surface area contributed by atoms with Gasteiger partial charge in [0.15, 0.2) is 0 Å². The Labute approximate surface area is 87.3 Å². The minimum absolute atomic E-state index is 0.121. The number of likely N-dealkylation sites (N-methyl/N-ethyl adjacent to an activating group) is 1. The molecule has 0 radical (unpaired) electrons. The van der Waals surface area contributed by atoms with Gasteiger partial charge in [0.2, 0.25) is 10.6 Å². The van der Waals surface area contributed by atoms with Crippen LogP contribution in [0.4, 0.5) is 0 Å². The van der Waals surface area contributed by atoms with Crippen LogP contribution >= 0.6 is 0 Å². The predicted octanol–water partition coefficient (Wildman–Crippen LogP) is -0.0781. The zero-order chi connectivity index (χ0) is 11.8. The molecule has 15 heavy (non-hydrogen) atoms. The molecule has 0 aromatic heterocycles. The highest BCUT2D eigenvalue weighted by Crippen LogP contribution is 1.98. The van der Waals surface area contributed by atoms with Gasteiger partial charge < -0.3 is 20.1 Å². The van der Waals surface area contributed by atoms with Crippen LogP contribution in [0.2, 0.25) is 0 Å². The first-order valence-corrected chi connectivity index (χ1v) is 4.08. The molecule has 0 aromatic rings. The van der Waals surface area contributed by atoms with Crippen LogP contribution in [0.1, 0.15) is 0 Å². The highest BCUT2D eigenvalue weighted by atomic mass is 16.7. The molecule has 0 rings (SSSR count). The molecule has 0 fully saturated rings. The quantitative estimate of drug-likeness (QED) is 0.270. The van der Waals surface area contributed by atoms with Crippen molar-refractivity contribution in [2.24, 2.45) is 10.6 Å².